The summed E-state index contributed by atoms with van der Waals surface area (Å²) in [5, 5.41) is 1.13. The molecule has 106 valence electrons. The van der Waals surface area contributed by atoms with Crippen LogP contribution in [0.1, 0.15) is 12.6 Å². The van der Waals surface area contributed by atoms with Gasteiger partial charge in [-0.3, -0.25) is 0 Å². The van der Waals surface area contributed by atoms with Gasteiger partial charge in [0.2, 0.25) is 0 Å². The first-order valence-electron chi connectivity index (χ1n) is 6.46. The molecule has 0 aliphatic carbocycles. The standard InChI is InChI=1S/C15H18AsNO3/c1-4-19-15(18)20-10-13-7-5-11-9-12(16(2)3)6-8-14(11)17-13/h5-9H,4,10H2,1-3H3. The number of nitrogens with zero attached hydrogens (tertiary/aromatic N) is 1. The number of pyridine rings is 1. The maximum absolute atomic E-state index is 11.1. The Morgan fingerprint density at radius 3 is 2.70 bits per heavy atom. The van der Waals surface area contributed by atoms with E-state index >= 15 is 0 Å². The van der Waals surface area contributed by atoms with Crippen molar-refractivity contribution in [1.29, 1.82) is 0 Å². The third-order valence-electron chi connectivity index (χ3n) is 2.85. The van der Waals surface area contributed by atoms with Crippen LogP contribution in [0.3, 0.4) is 0 Å². The molecule has 5 heteroatoms. The molecule has 1 heterocycles. The summed E-state index contributed by atoms with van der Waals surface area (Å²) in [6.45, 7) is 2.19. The second-order valence-electron chi connectivity index (χ2n) is 4.55. The molecule has 0 saturated heterocycles. The number of rotatable bonds is 4. The van der Waals surface area contributed by atoms with E-state index in [4.69, 9.17) is 9.47 Å². The van der Waals surface area contributed by atoms with E-state index in [0.717, 1.165) is 16.6 Å². The van der Waals surface area contributed by atoms with Gasteiger partial charge in [-0.25, -0.2) is 0 Å². The predicted octanol–water partition coefficient (Wildman–Crippen LogP) is 2.87. The number of aromatic nitrogens is 1. The Kier molecular flexibility index (Phi) is 5.02. The summed E-state index contributed by atoms with van der Waals surface area (Å²) in [7, 11) is 0. The first-order valence-corrected chi connectivity index (χ1v) is 11.2. The summed E-state index contributed by atoms with van der Waals surface area (Å²) in [4.78, 5) is 15.6. The number of ether oxygens (including phenoxy) is 2. The van der Waals surface area contributed by atoms with Crippen molar-refractivity contribution < 1.29 is 14.3 Å². The van der Waals surface area contributed by atoms with Crippen LogP contribution >= 0.6 is 0 Å². The Balaban J connectivity index is 2.13. The number of carbonyl (C=O) groups excluding carboxylic acids is 1. The molecule has 20 heavy (non-hydrogen) atoms. The van der Waals surface area contributed by atoms with Crippen LogP contribution in [0.2, 0.25) is 11.4 Å². The Bertz CT molecular complexity index is 613. The summed E-state index contributed by atoms with van der Waals surface area (Å²) in [5.41, 5.74) is 6.27. The van der Waals surface area contributed by atoms with E-state index < -0.39 is 20.8 Å². The van der Waals surface area contributed by atoms with Crippen molar-refractivity contribution >= 4 is 36.1 Å². The van der Waals surface area contributed by atoms with Crippen molar-refractivity contribution in [2.45, 2.75) is 25.0 Å². The third-order valence-corrected chi connectivity index (χ3v) is 5.60. The molecule has 0 N–H and O–H groups in total. The Morgan fingerprint density at radius 2 is 2.00 bits per heavy atom. The maximum atomic E-state index is 11.1. The molecule has 0 radical (unpaired) electrons. The first kappa shape index (κ1) is 14.9. The molecule has 1 aromatic heterocycles. The van der Waals surface area contributed by atoms with Gasteiger partial charge in [0.25, 0.3) is 0 Å². The van der Waals surface area contributed by atoms with Gasteiger partial charge in [0.1, 0.15) is 0 Å². The molecule has 0 bridgehead atoms. The molecule has 0 unspecified atom stereocenters. The van der Waals surface area contributed by atoms with E-state index in [9.17, 15) is 4.79 Å². The van der Waals surface area contributed by atoms with Gasteiger partial charge in [0, 0.05) is 0 Å². The molecular weight excluding hydrogens is 317 g/mol. The van der Waals surface area contributed by atoms with Crippen LogP contribution in [0.4, 0.5) is 4.79 Å². The summed E-state index contributed by atoms with van der Waals surface area (Å²) in [5.74, 6) is 0. The van der Waals surface area contributed by atoms with Crippen LogP contribution in [0.15, 0.2) is 30.3 Å². The van der Waals surface area contributed by atoms with E-state index in [1.807, 2.05) is 18.2 Å². The van der Waals surface area contributed by atoms with Crippen molar-refractivity contribution in [3.8, 4) is 0 Å². The summed E-state index contributed by atoms with van der Waals surface area (Å²) in [6.07, 6.45) is -0.657. The third kappa shape index (κ3) is 3.73. The molecule has 0 fully saturated rings. The fourth-order valence-corrected chi connectivity index (χ4v) is 3.42. The van der Waals surface area contributed by atoms with Crippen LogP contribution in [0.5, 0.6) is 0 Å². The second-order valence-corrected chi connectivity index (χ2v) is 9.38. The van der Waals surface area contributed by atoms with Crippen LogP contribution in [-0.2, 0) is 16.1 Å². The molecule has 4 nitrogen and oxygen atoms in total. The Morgan fingerprint density at radius 1 is 1.20 bits per heavy atom. The van der Waals surface area contributed by atoms with Crippen molar-refractivity contribution in [2.24, 2.45) is 0 Å². The van der Waals surface area contributed by atoms with Gasteiger partial charge >= 0.3 is 123 Å². The molecule has 0 amide bonds. The topological polar surface area (TPSA) is 48.4 Å². The minimum absolute atomic E-state index is 0.135. The van der Waals surface area contributed by atoms with Gasteiger partial charge in [-0.15, -0.1) is 0 Å². The molecular formula is C15H18AsNO3. The second kappa shape index (κ2) is 6.76. The summed E-state index contributed by atoms with van der Waals surface area (Å²) >= 11 is -0.862. The quantitative estimate of drug-likeness (QED) is 0.637. The van der Waals surface area contributed by atoms with Crippen molar-refractivity contribution in [3.05, 3.63) is 36.0 Å². The average molecular weight is 335 g/mol. The number of carbonyl (C=O) groups is 1. The van der Waals surface area contributed by atoms with Gasteiger partial charge in [0.05, 0.1) is 0 Å². The zero-order valence-corrected chi connectivity index (χ0v) is 13.8. The van der Waals surface area contributed by atoms with Gasteiger partial charge in [0.15, 0.2) is 0 Å². The van der Waals surface area contributed by atoms with Crippen LogP contribution < -0.4 is 4.35 Å². The van der Waals surface area contributed by atoms with E-state index in [1.165, 1.54) is 4.35 Å². The monoisotopic (exact) mass is 335 g/mol. The molecule has 2 rings (SSSR count). The van der Waals surface area contributed by atoms with E-state index in [1.54, 1.807) is 6.92 Å². The molecule has 0 spiro atoms. The van der Waals surface area contributed by atoms with Gasteiger partial charge in [-0.2, -0.15) is 0 Å². The molecule has 0 saturated carbocycles. The van der Waals surface area contributed by atoms with Gasteiger partial charge in [-0.05, 0) is 0 Å². The fraction of sp³-hybridized carbons (Fsp3) is 0.333. The fourth-order valence-electron chi connectivity index (χ4n) is 1.81. The number of fused-ring (bicyclic) bond motifs is 1. The average Bonchev–Trinajstić information content (AvgIpc) is 2.44. The molecule has 2 aromatic rings. The number of hydrogen-bond acceptors (Lipinski definition) is 4. The zero-order valence-electron chi connectivity index (χ0n) is 11.9. The molecule has 0 aliphatic heterocycles. The Labute approximate surface area is 123 Å². The first-order chi connectivity index (χ1) is 9.60. The summed E-state index contributed by atoms with van der Waals surface area (Å²) < 4.78 is 11.1. The predicted molar refractivity (Wildman–Crippen MR) is 80.7 cm³/mol. The van der Waals surface area contributed by atoms with E-state index in [2.05, 4.69) is 28.5 Å². The van der Waals surface area contributed by atoms with Crippen molar-refractivity contribution in [3.63, 3.8) is 0 Å². The minimum atomic E-state index is -0.862. The van der Waals surface area contributed by atoms with Crippen LogP contribution in [-0.4, -0.2) is 32.4 Å². The molecule has 0 aliphatic rings. The van der Waals surface area contributed by atoms with Crippen molar-refractivity contribution in [2.75, 3.05) is 6.61 Å². The molecule has 0 atom stereocenters. The summed E-state index contributed by atoms with van der Waals surface area (Å²) in [6, 6.07) is 10.3. The van der Waals surface area contributed by atoms with E-state index in [-0.39, 0.29) is 6.61 Å². The van der Waals surface area contributed by atoms with E-state index in [0.29, 0.717) is 6.61 Å². The number of hydrogen-bond donors (Lipinski definition) is 0. The van der Waals surface area contributed by atoms with Crippen molar-refractivity contribution in [1.82, 2.24) is 4.98 Å². The number of benzene rings is 1. The zero-order chi connectivity index (χ0) is 14.5. The normalized spacial score (nSPS) is 10.8. The Hall–Kier alpha value is -1.54. The van der Waals surface area contributed by atoms with Gasteiger partial charge in [-0.1, -0.05) is 0 Å². The van der Waals surface area contributed by atoms with Gasteiger partial charge < -0.3 is 0 Å². The van der Waals surface area contributed by atoms with Crippen LogP contribution in [0, 0.1) is 0 Å². The van der Waals surface area contributed by atoms with Crippen LogP contribution in [0.25, 0.3) is 10.9 Å². The SMILES string of the molecule is CCOC(=O)OCc1ccc2cc([As](C)C)ccc2n1. The molecule has 1 aromatic carbocycles.